The third kappa shape index (κ3) is 4.57. The molecule has 138 valence electrons. The van der Waals surface area contributed by atoms with Crippen LogP contribution < -0.4 is 10.5 Å². The van der Waals surface area contributed by atoms with Crippen molar-refractivity contribution in [3.05, 3.63) is 59.2 Å². The number of carbonyl (C=O) groups is 1. The second-order valence-electron chi connectivity index (χ2n) is 7.25. The first-order valence-electron chi connectivity index (χ1n) is 9.35. The van der Waals surface area contributed by atoms with Crippen LogP contribution in [0.2, 0.25) is 0 Å². The predicted molar refractivity (Wildman–Crippen MR) is 103 cm³/mol. The lowest BCUT2D eigenvalue weighted by Gasteiger charge is -2.14. The van der Waals surface area contributed by atoms with Crippen molar-refractivity contribution in [3.63, 3.8) is 0 Å². The number of hydrogen-bond donors (Lipinski definition) is 1. The summed E-state index contributed by atoms with van der Waals surface area (Å²) in [6, 6.07) is 13.4. The maximum Gasteiger partial charge on any atom is 0.338 e. The molecule has 0 heterocycles. The van der Waals surface area contributed by atoms with Crippen molar-refractivity contribution < 1.29 is 14.3 Å². The van der Waals surface area contributed by atoms with Gasteiger partial charge in [0.15, 0.2) is 0 Å². The van der Waals surface area contributed by atoms with Crippen LogP contribution in [-0.4, -0.2) is 12.1 Å². The van der Waals surface area contributed by atoms with E-state index in [0.29, 0.717) is 29.5 Å². The molecule has 3 rings (SSSR count). The minimum atomic E-state index is -0.303. The van der Waals surface area contributed by atoms with Crippen molar-refractivity contribution in [1.29, 1.82) is 0 Å². The Labute approximate surface area is 155 Å². The molecule has 0 unspecified atom stereocenters. The van der Waals surface area contributed by atoms with Crippen molar-refractivity contribution in [1.82, 2.24) is 0 Å². The van der Waals surface area contributed by atoms with Crippen LogP contribution in [0.1, 0.15) is 66.9 Å². The summed E-state index contributed by atoms with van der Waals surface area (Å²) in [6.07, 6.45) is 4.21. The quantitative estimate of drug-likeness (QED) is 0.582. The van der Waals surface area contributed by atoms with Gasteiger partial charge in [0.25, 0.3) is 0 Å². The van der Waals surface area contributed by atoms with Crippen molar-refractivity contribution in [3.8, 4) is 5.75 Å². The van der Waals surface area contributed by atoms with Crippen LogP contribution in [0.5, 0.6) is 5.75 Å². The minimum Gasteiger partial charge on any atom is -0.487 e. The van der Waals surface area contributed by atoms with E-state index in [1.807, 2.05) is 0 Å². The number of nitrogen functional groups attached to an aromatic ring is 1. The average molecular weight is 353 g/mol. The Bertz CT molecular complexity index is 746. The number of nitrogens with two attached hydrogens (primary N) is 1. The molecule has 0 bridgehead atoms. The van der Waals surface area contributed by atoms with E-state index >= 15 is 0 Å². The first-order chi connectivity index (χ1) is 12.5. The molecule has 2 N–H and O–H groups in total. The fraction of sp³-hybridized carbons (Fsp3) is 0.409. The zero-order chi connectivity index (χ0) is 18.5. The highest BCUT2D eigenvalue weighted by Crippen LogP contribution is 2.27. The monoisotopic (exact) mass is 353 g/mol. The zero-order valence-corrected chi connectivity index (χ0v) is 15.5. The molecule has 0 amide bonds. The van der Waals surface area contributed by atoms with Gasteiger partial charge in [-0.3, -0.25) is 0 Å². The van der Waals surface area contributed by atoms with E-state index < -0.39 is 0 Å². The van der Waals surface area contributed by atoms with Gasteiger partial charge in [0.05, 0.1) is 11.3 Å². The first kappa shape index (κ1) is 18.3. The van der Waals surface area contributed by atoms with Gasteiger partial charge >= 0.3 is 5.97 Å². The summed E-state index contributed by atoms with van der Waals surface area (Å²) in [5.41, 5.74) is 9.36. The number of ether oxygens (including phenoxy) is 2. The first-order valence-corrected chi connectivity index (χ1v) is 9.35. The molecule has 1 fully saturated rings. The van der Waals surface area contributed by atoms with E-state index in [2.05, 4.69) is 38.1 Å². The minimum absolute atomic E-state index is 0.0453. The molecule has 2 aromatic carbocycles. The number of esters is 1. The fourth-order valence-corrected chi connectivity index (χ4v) is 3.17. The molecular weight excluding hydrogens is 326 g/mol. The number of rotatable bonds is 6. The molecule has 0 aromatic heterocycles. The lowest BCUT2D eigenvalue weighted by Crippen LogP contribution is -2.15. The van der Waals surface area contributed by atoms with E-state index in [-0.39, 0.29) is 12.1 Å². The van der Waals surface area contributed by atoms with Crippen molar-refractivity contribution >= 4 is 11.7 Å². The standard InChI is InChI=1S/C22H27NO3/c1-15(2)17-9-7-16(8-10-17)14-25-21-13-18(11-12-20(21)23)22(24)26-19-5-3-4-6-19/h7-13,15,19H,3-6,14,23H2,1-2H3. The Morgan fingerprint density at radius 2 is 1.81 bits per heavy atom. The highest BCUT2D eigenvalue weighted by Gasteiger charge is 2.20. The lowest BCUT2D eigenvalue weighted by atomic mass is 10.0. The van der Waals surface area contributed by atoms with Crippen LogP contribution in [0.25, 0.3) is 0 Å². The third-order valence-electron chi connectivity index (χ3n) is 4.87. The van der Waals surface area contributed by atoms with Crippen LogP contribution in [0, 0.1) is 0 Å². The number of benzene rings is 2. The van der Waals surface area contributed by atoms with Crippen LogP contribution >= 0.6 is 0 Å². The summed E-state index contributed by atoms with van der Waals surface area (Å²) >= 11 is 0. The van der Waals surface area contributed by atoms with Crippen LogP contribution in [-0.2, 0) is 11.3 Å². The Morgan fingerprint density at radius 1 is 1.12 bits per heavy atom. The molecule has 0 saturated heterocycles. The Morgan fingerprint density at radius 3 is 2.46 bits per heavy atom. The fourth-order valence-electron chi connectivity index (χ4n) is 3.17. The Balaban J connectivity index is 1.64. The van der Waals surface area contributed by atoms with Gasteiger partial charge in [0.2, 0.25) is 0 Å². The Kier molecular flexibility index (Phi) is 5.82. The molecule has 2 aromatic rings. The summed E-state index contributed by atoms with van der Waals surface area (Å²) in [5.74, 6) is 0.713. The predicted octanol–water partition coefficient (Wildman–Crippen LogP) is 5.07. The summed E-state index contributed by atoms with van der Waals surface area (Å²) < 4.78 is 11.4. The maximum atomic E-state index is 12.3. The molecule has 0 spiro atoms. The van der Waals surface area contributed by atoms with E-state index in [0.717, 1.165) is 31.2 Å². The molecule has 26 heavy (non-hydrogen) atoms. The van der Waals surface area contributed by atoms with E-state index in [1.54, 1.807) is 18.2 Å². The molecule has 1 saturated carbocycles. The van der Waals surface area contributed by atoms with E-state index in [1.165, 1.54) is 5.56 Å². The largest absolute Gasteiger partial charge is 0.487 e. The average Bonchev–Trinajstić information content (AvgIpc) is 3.14. The van der Waals surface area contributed by atoms with Gasteiger partial charge in [-0.15, -0.1) is 0 Å². The van der Waals surface area contributed by atoms with Crippen molar-refractivity contribution in [2.24, 2.45) is 0 Å². The smallest absolute Gasteiger partial charge is 0.338 e. The van der Waals surface area contributed by atoms with Crippen molar-refractivity contribution in [2.45, 2.75) is 58.2 Å². The Hall–Kier alpha value is -2.49. The molecule has 4 nitrogen and oxygen atoms in total. The third-order valence-corrected chi connectivity index (χ3v) is 4.87. The molecule has 4 heteroatoms. The van der Waals surface area contributed by atoms with Gasteiger partial charge in [-0.1, -0.05) is 38.1 Å². The normalized spacial score (nSPS) is 14.6. The van der Waals surface area contributed by atoms with Crippen LogP contribution in [0.3, 0.4) is 0 Å². The summed E-state index contributed by atoms with van der Waals surface area (Å²) in [4.78, 5) is 12.3. The van der Waals surface area contributed by atoms with Gasteiger partial charge in [-0.2, -0.15) is 0 Å². The topological polar surface area (TPSA) is 61.5 Å². The van der Waals surface area contributed by atoms with Gasteiger partial charge in [-0.05, 0) is 60.9 Å². The summed E-state index contributed by atoms with van der Waals surface area (Å²) in [7, 11) is 0. The molecule has 0 atom stereocenters. The molecule has 0 aliphatic heterocycles. The number of anilines is 1. The molecular formula is C22H27NO3. The molecule has 0 radical (unpaired) electrons. The van der Waals surface area contributed by atoms with Crippen LogP contribution in [0.15, 0.2) is 42.5 Å². The molecule has 1 aliphatic rings. The van der Waals surface area contributed by atoms with E-state index in [4.69, 9.17) is 15.2 Å². The number of carbonyl (C=O) groups excluding carboxylic acids is 1. The zero-order valence-electron chi connectivity index (χ0n) is 15.5. The molecule has 1 aliphatic carbocycles. The summed E-state index contributed by atoms with van der Waals surface area (Å²) in [5, 5.41) is 0. The number of hydrogen-bond acceptors (Lipinski definition) is 4. The van der Waals surface area contributed by atoms with E-state index in [9.17, 15) is 4.79 Å². The highest BCUT2D eigenvalue weighted by molar-refractivity contribution is 5.90. The van der Waals surface area contributed by atoms with Gasteiger partial charge in [0, 0.05) is 0 Å². The van der Waals surface area contributed by atoms with Gasteiger partial charge in [-0.25, -0.2) is 4.79 Å². The van der Waals surface area contributed by atoms with Crippen molar-refractivity contribution in [2.75, 3.05) is 5.73 Å². The highest BCUT2D eigenvalue weighted by atomic mass is 16.5. The lowest BCUT2D eigenvalue weighted by molar-refractivity contribution is 0.0317. The second kappa shape index (κ2) is 8.26. The van der Waals surface area contributed by atoms with Gasteiger partial charge < -0.3 is 15.2 Å². The SMILES string of the molecule is CC(C)c1ccc(COc2cc(C(=O)OC3CCCC3)ccc2N)cc1. The second-order valence-corrected chi connectivity index (χ2v) is 7.25. The van der Waals surface area contributed by atoms with Gasteiger partial charge in [0.1, 0.15) is 18.5 Å². The van der Waals surface area contributed by atoms with Crippen LogP contribution in [0.4, 0.5) is 5.69 Å². The summed E-state index contributed by atoms with van der Waals surface area (Å²) in [6.45, 7) is 4.74. The maximum absolute atomic E-state index is 12.3.